The molecule has 1 heterocycles. The quantitative estimate of drug-likeness (QED) is 0.786. The highest BCUT2D eigenvalue weighted by Crippen LogP contribution is 2.37. The standard InChI is InChI=1S/C19H21NO2/c1-3-20(4-2)13-14-9-5-6-10-15(14)18-16-11-7-8-12-17(16)19(21)22-18/h5-12,18H,3-4,13H2,1-2H3. The maximum absolute atomic E-state index is 12.1. The molecular weight excluding hydrogens is 274 g/mol. The minimum atomic E-state index is -0.282. The molecule has 22 heavy (non-hydrogen) atoms. The first-order valence-corrected chi connectivity index (χ1v) is 7.84. The second-order valence-corrected chi connectivity index (χ2v) is 5.53. The third-order valence-electron chi connectivity index (χ3n) is 4.31. The Morgan fingerprint density at radius 3 is 2.32 bits per heavy atom. The van der Waals surface area contributed by atoms with E-state index in [-0.39, 0.29) is 12.1 Å². The maximum Gasteiger partial charge on any atom is 0.339 e. The van der Waals surface area contributed by atoms with E-state index in [0.29, 0.717) is 5.56 Å². The van der Waals surface area contributed by atoms with Crippen LogP contribution in [0.3, 0.4) is 0 Å². The van der Waals surface area contributed by atoms with Crippen LogP contribution in [0.15, 0.2) is 48.5 Å². The van der Waals surface area contributed by atoms with Gasteiger partial charge in [0.15, 0.2) is 6.10 Å². The Bertz CT molecular complexity index is 677. The Labute approximate surface area is 131 Å². The SMILES string of the molecule is CCN(CC)Cc1ccccc1C1OC(=O)c2ccccc21. The molecule has 0 aliphatic carbocycles. The third kappa shape index (κ3) is 2.64. The predicted octanol–water partition coefficient (Wildman–Crippen LogP) is 3.79. The van der Waals surface area contributed by atoms with Gasteiger partial charge in [-0.15, -0.1) is 0 Å². The Kier molecular flexibility index (Phi) is 4.25. The number of cyclic esters (lactones) is 1. The highest BCUT2D eigenvalue weighted by atomic mass is 16.5. The van der Waals surface area contributed by atoms with Gasteiger partial charge in [0, 0.05) is 17.7 Å². The molecule has 1 atom stereocenters. The largest absolute Gasteiger partial charge is 0.449 e. The molecule has 2 aromatic rings. The Hall–Kier alpha value is -2.13. The zero-order chi connectivity index (χ0) is 15.5. The van der Waals surface area contributed by atoms with Gasteiger partial charge in [-0.05, 0) is 24.7 Å². The smallest absolute Gasteiger partial charge is 0.339 e. The van der Waals surface area contributed by atoms with Gasteiger partial charge < -0.3 is 4.74 Å². The van der Waals surface area contributed by atoms with E-state index in [0.717, 1.165) is 30.8 Å². The van der Waals surface area contributed by atoms with Crippen LogP contribution in [-0.2, 0) is 11.3 Å². The molecular formula is C19H21NO2. The molecule has 0 fully saturated rings. The second-order valence-electron chi connectivity index (χ2n) is 5.53. The van der Waals surface area contributed by atoms with Gasteiger partial charge in [0.1, 0.15) is 0 Å². The number of benzene rings is 2. The molecule has 0 saturated heterocycles. The first-order chi connectivity index (χ1) is 10.7. The number of hydrogen-bond donors (Lipinski definition) is 0. The number of fused-ring (bicyclic) bond motifs is 1. The minimum absolute atomic E-state index is 0.224. The summed E-state index contributed by atoms with van der Waals surface area (Å²) in [6.45, 7) is 7.21. The van der Waals surface area contributed by atoms with E-state index < -0.39 is 0 Å². The van der Waals surface area contributed by atoms with E-state index in [9.17, 15) is 4.79 Å². The molecule has 0 bridgehead atoms. The lowest BCUT2D eigenvalue weighted by Gasteiger charge is -2.22. The Balaban J connectivity index is 1.98. The zero-order valence-corrected chi connectivity index (χ0v) is 13.1. The average molecular weight is 295 g/mol. The Morgan fingerprint density at radius 1 is 0.955 bits per heavy atom. The van der Waals surface area contributed by atoms with Crippen molar-refractivity contribution in [2.45, 2.75) is 26.5 Å². The Morgan fingerprint density at radius 2 is 1.59 bits per heavy atom. The normalized spacial score (nSPS) is 16.7. The number of esters is 1. The summed E-state index contributed by atoms with van der Waals surface area (Å²) in [5, 5.41) is 0. The monoisotopic (exact) mass is 295 g/mol. The summed E-state index contributed by atoms with van der Waals surface area (Å²) in [5.41, 5.74) is 3.97. The lowest BCUT2D eigenvalue weighted by molar-refractivity contribution is 0.0453. The van der Waals surface area contributed by atoms with Gasteiger partial charge in [-0.1, -0.05) is 56.3 Å². The molecule has 0 N–H and O–H groups in total. The van der Waals surface area contributed by atoms with E-state index in [1.807, 2.05) is 36.4 Å². The van der Waals surface area contributed by atoms with Crippen molar-refractivity contribution >= 4 is 5.97 Å². The fourth-order valence-electron chi connectivity index (χ4n) is 3.00. The van der Waals surface area contributed by atoms with E-state index in [1.165, 1.54) is 5.56 Å². The lowest BCUT2D eigenvalue weighted by atomic mass is 9.95. The van der Waals surface area contributed by atoms with Crippen LogP contribution in [0, 0.1) is 0 Å². The summed E-state index contributed by atoms with van der Waals surface area (Å²) in [6, 6.07) is 15.9. The molecule has 3 nitrogen and oxygen atoms in total. The van der Waals surface area contributed by atoms with Gasteiger partial charge in [0.25, 0.3) is 0 Å². The fraction of sp³-hybridized carbons (Fsp3) is 0.316. The predicted molar refractivity (Wildman–Crippen MR) is 86.8 cm³/mol. The van der Waals surface area contributed by atoms with Crippen LogP contribution in [0.25, 0.3) is 0 Å². The van der Waals surface area contributed by atoms with Gasteiger partial charge in [0.2, 0.25) is 0 Å². The second kappa shape index (κ2) is 6.32. The van der Waals surface area contributed by atoms with Crippen LogP contribution in [0.1, 0.15) is 47.0 Å². The summed E-state index contributed by atoms with van der Waals surface area (Å²) >= 11 is 0. The van der Waals surface area contributed by atoms with E-state index in [1.54, 1.807) is 0 Å². The molecule has 1 aliphatic rings. The molecule has 0 amide bonds. The average Bonchev–Trinajstić information content (AvgIpc) is 2.90. The van der Waals surface area contributed by atoms with Crippen LogP contribution in [0.4, 0.5) is 0 Å². The van der Waals surface area contributed by atoms with E-state index >= 15 is 0 Å². The first-order valence-electron chi connectivity index (χ1n) is 7.84. The van der Waals surface area contributed by atoms with Gasteiger partial charge in [-0.2, -0.15) is 0 Å². The van der Waals surface area contributed by atoms with Gasteiger partial charge in [-0.25, -0.2) is 4.79 Å². The van der Waals surface area contributed by atoms with Crippen molar-refractivity contribution in [3.05, 3.63) is 70.8 Å². The molecule has 0 aromatic heterocycles. The summed E-state index contributed by atoms with van der Waals surface area (Å²) in [6.07, 6.45) is -0.282. The fourth-order valence-corrected chi connectivity index (χ4v) is 3.00. The number of hydrogen-bond acceptors (Lipinski definition) is 3. The van der Waals surface area contributed by atoms with Gasteiger partial charge in [-0.3, -0.25) is 4.90 Å². The summed E-state index contributed by atoms with van der Waals surface area (Å²) in [7, 11) is 0. The van der Waals surface area contributed by atoms with Crippen molar-refractivity contribution in [1.82, 2.24) is 4.90 Å². The van der Waals surface area contributed by atoms with E-state index in [2.05, 4.69) is 30.9 Å². The molecule has 3 rings (SSSR count). The van der Waals surface area contributed by atoms with Gasteiger partial charge >= 0.3 is 5.97 Å². The van der Waals surface area contributed by atoms with Crippen molar-refractivity contribution in [3.8, 4) is 0 Å². The molecule has 1 unspecified atom stereocenters. The summed E-state index contributed by atoms with van der Waals surface area (Å²) in [4.78, 5) is 14.4. The zero-order valence-electron chi connectivity index (χ0n) is 13.1. The number of nitrogens with zero attached hydrogens (tertiary/aromatic N) is 1. The summed E-state index contributed by atoms with van der Waals surface area (Å²) in [5.74, 6) is -0.224. The number of ether oxygens (including phenoxy) is 1. The van der Waals surface area contributed by atoms with Crippen LogP contribution in [0.2, 0.25) is 0 Å². The molecule has 0 spiro atoms. The minimum Gasteiger partial charge on any atom is -0.449 e. The van der Waals surface area contributed by atoms with Crippen molar-refractivity contribution in [2.24, 2.45) is 0 Å². The van der Waals surface area contributed by atoms with Crippen LogP contribution >= 0.6 is 0 Å². The number of carbonyl (C=O) groups excluding carboxylic acids is 1. The molecule has 3 heteroatoms. The van der Waals surface area contributed by atoms with Crippen molar-refractivity contribution in [1.29, 1.82) is 0 Å². The maximum atomic E-state index is 12.1. The van der Waals surface area contributed by atoms with Gasteiger partial charge in [0.05, 0.1) is 5.56 Å². The molecule has 0 radical (unpaired) electrons. The molecule has 0 saturated carbocycles. The highest BCUT2D eigenvalue weighted by molar-refractivity contribution is 5.94. The molecule has 2 aromatic carbocycles. The van der Waals surface area contributed by atoms with Crippen molar-refractivity contribution in [2.75, 3.05) is 13.1 Å². The van der Waals surface area contributed by atoms with Crippen LogP contribution < -0.4 is 0 Å². The van der Waals surface area contributed by atoms with Crippen molar-refractivity contribution in [3.63, 3.8) is 0 Å². The topological polar surface area (TPSA) is 29.5 Å². The van der Waals surface area contributed by atoms with Crippen molar-refractivity contribution < 1.29 is 9.53 Å². The van der Waals surface area contributed by atoms with Crippen LogP contribution in [-0.4, -0.2) is 24.0 Å². The lowest BCUT2D eigenvalue weighted by Crippen LogP contribution is -2.23. The third-order valence-corrected chi connectivity index (χ3v) is 4.31. The molecule has 114 valence electrons. The number of rotatable bonds is 5. The number of carbonyl (C=O) groups is 1. The van der Waals surface area contributed by atoms with Crippen LogP contribution in [0.5, 0.6) is 0 Å². The van der Waals surface area contributed by atoms with E-state index in [4.69, 9.17) is 4.74 Å². The summed E-state index contributed by atoms with van der Waals surface area (Å²) < 4.78 is 5.65. The first kappa shape index (κ1) is 14.8. The molecule has 1 aliphatic heterocycles. The highest BCUT2D eigenvalue weighted by Gasteiger charge is 2.32.